The number of rotatable bonds is 7. The Kier molecular flexibility index (Phi) is 6.66. The minimum Gasteiger partial charge on any atom is -0.493 e. The van der Waals surface area contributed by atoms with E-state index in [2.05, 4.69) is 34.5 Å². The van der Waals surface area contributed by atoms with Gasteiger partial charge < -0.3 is 9.47 Å². The van der Waals surface area contributed by atoms with Crippen molar-refractivity contribution in [3.63, 3.8) is 0 Å². The van der Waals surface area contributed by atoms with Gasteiger partial charge in [-0.3, -0.25) is 10.2 Å². The van der Waals surface area contributed by atoms with Crippen LogP contribution in [0.3, 0.4) is 0 Å². The summed E-state index contributed by atoms with van der Waals surface area (Å²) in [5.74, 6) is 0.432. The van der Waals surface area contributed by atoms with Crippen molar-refractivity contribution in [1.29, 1.82) is 5.41 Å². The molecule has 0 bridgehead atoms. The van der Waals surface area contributed by atoms with Crippen LogP contribution < -0.4 is 9.47 Å². The number of allylic oxidation sites excluding steroid dienone is 1. The SMILES string of the molecule is CCc1nnc([C@H]2C(=N)S/C(=C\c3ccc(OCc4cccc5ccccc45)c(OC)c3)C2=O)s1. The second-order valence-electron chi connectivity index (χ2n) is 8.00. The molecule has 2 heterocycles. The topological polar surface area (TPSA) is 85.2 Å². The van der Waals surface area contributed by atoms with Crippen LogP contribution in [0.2, 0.25) is 0 Å². The molecule has 1 fully saturated rings. The Bertz CT molecular complexity index is 1460. The smallest absolute Gasteiger partial charge is 0.186 e. The Morgan fingerprint density at radius 2 is 1.89 bits per heavy atom. The summed E-state index contributed by atoms with van der Waals surface area (Å²) < 4.78 is 11.7. The number of nitrogens with one attached hydrogen (secondary N) is 1. The lowest BCUT2D eigenvalue weighted by atomic mass is 10.0. The van der Waals surface area contributed by atoms with Gasteiger partial charge in [-0.2, -0.15) is 0 Å². The van der Waals surface area contributed by atoms with Gasteiger partial charge in [-0.15, -0.1) is 21.5 Å². The van der Waals surface area contributed by atoms with E-state index in [-0.39, 0.29) is 10.8 Å². The number of ether oxygens (including phenoxy) is 2. The Morgan fingerprint density at radius 1 is 1.06 bits per heavy atom. The largest absolute Gasteiger partial charge is 0.493 e. The molecule has 1 aliphatic heterocycles. The first-order chi connectivity index (χ1) is 17.1. The van der Waals surface area contributed by atoms with Gasteiger partial charge in [-0.1, -0.05) is 67.2 Å². The highest BCUT2D eigenvalue weighted by Crippen LogP contribution is 2.42. The normalized spacial score (nSPS) is 16.9. The maximum Gasteiger partial charge on any atom is 0.186 e. The number of aryl methyl sites for hydroxylation is 1. The van der Waals surface area contributed by atoms with Gasteiger partial charge in [0.2, 0.25) is 0 Å². The molecule has 5 rings (SSSR count). The number of methoxy groups -OCH3 is 1. The van der Waals surface area contributed by atoms with E-state index in [0.29, 0.717) is 28.0 Å². The predicted octanol–water partition coefficient (Wildman–Crippen LogP) is 6.26. The molecule has 0 radical (unpaired) electrons. The van der Waals surface area contributed by atoms with Gasteiger partial charge in [0, 0.05) is 0 Å². The maximum atomic E-state index is 13.1. The van der Waals surface area contributed by atoms with Crippen LogP contribution in [-0.2, 0) is 17.8 Å². The van der Waals surface area contributed by atoms with Crippen molar-refractivity contribution in [3.05, 3.63) is 86.7 Å². The van der Waals surface area contributed by atoms with Crippen LogP contribution in [-0.4, -0.2) is 28.1 Å². The second-order valence-corrected chi connectivity index (χ2v) is 10.2. The molecule has 35 heavy (non-hydrogen) atoms. The number of benzene rings is 3. The van der Waals surface area contributed by atoms with E-state index in [1.54, 1.807) is 13.2 Å². The van der Waals surface area contributed by atoms with Crippen molar-refractivity contribution in [2.45, 2.75) is 25.9 Å². The number of fused-ring (bicyclic) bond motifs is 1. The molecule has 1 N–H and O–H groups in total. The van der Waals surface area contributed by atoms with Crippen molar-refractivity contribution in [2.75, 3.05) is 7.11 Å². The fraction of sp³-hybridized carbons (Fsp3) is 0.185. The molecule has 0 spiro atoms. The number of carbonyl (C=O) groups is 1. The van der Waals surface area contributed by atoms with Crippen LogP contribution in [0.4, 0.5) is 0 Å². The lowest BCUT2D eigenvalue weighted by Crippen LogP contribution is -2.11. The van der Waals surface area contributed by atoms with Crippen LogP contribution in [0.15, 0.2) is 65.6 Å². The number of Topliss-reactive ketones (excluding diaryl/α,β-unsaturated/α-hetero) is 1. The highest BCUT2D eigenvalue weighted by atomic mass is 32.2. The highest BCUT2D eigenvalue weighted by molar-refractivity contribution is 8.19. The molecule has 3 aromatic carbocycles. The average Bonchev–Trinajstić information content (AvgIpc) is 3.46. The highest BCUT2D eigenvalue weighted by Gasteiger charge is 2.39. The number of carbonyl (C=O) groups excluding carboxylic acids is 1. The van der Waals surface area contributed by atoms with E-state index < -0.39 is 5.92 Å². The third-order valence-electron chi connectivity index (χ3n) is 5.77. The predicted molar refractivity (Wildman–Crippen MR) is 142 cm³/mol. The fourth-order valence-electron chi connectivity index (χ4n) is 3.96. The molecular formula is C27H23N3O3S2. The van der Waals surface area contributed by atoms with Crippen LogP contribution >= 0.6 is 23.1 Å². The summed E-state index contributed by atoms with van der Waals surface area (Å²) in [6.45, 7) is 2.40. The maximum absolute atomic E-state index is 13.1. The van der Waals surface area contributed by atoms with E-state index in [0.717, 1.165) is 27.9 Å². The Balaban J connectivity index is 1.35. The average molecular weight is 502 g/mol. The Labute approximate surface area is 211 Å². The third-order valence-corrected chi connectivity index (χ3v) is 7.89. The van der Waals surface area contributed by atoms with Gasteiger partial charge in [0.25, 0.3) is 0 Å². The molecule has 1 saturated heterocycles. The zero-order valence-electron chi connectivity index (χ0n) is 19.3. The second kappa shape index (κ2) is 10.0. The van der Waals surface area contributed by atoms with Gasteiger partial charge in [-0.25, -0.2) is 0 Å². The first-order valence-electron chi connectivity index (χ1n) is 11.2. The molecule has 1 atom stereocenters. The zero-order chi connectivity index (χ0) is 24.4. The molecule has 0 unspecified atom stereocenters. The van der Waals surface area contributed by atoms with Crippen LogP contribution in [0.1, 0.15) is 34.0 Å². The van der Waals surface area contributed by atoms with E-state index in [1.165, 1.54) is 28.5 Å². The van der Waals surface area contributed by atoms with Crippen LogP contribution in [0.25, 0.3) is 16.8 Å². The first-order valence-corrected chi connectivity index (χ1v) is 12.8. The van der Waals surface area contributed by atoms with E-state index in [1.807, 2.05) is 43.3 Å². The van der Waals surface area contributed by atoms with Crippen molar-refractivity contribution in [2.24, 2.45) is 0 Å². The minimum absolute atomic E-state index is 0.117. The summed E-state index contributed by atoms with van der Waals surface area (Å²) >= 11 is 2.57. The van der Waals surface area contributed by atoms with Crippen molar-refractivity contribution < 1.29 is 14.3 Å². The number of thioether (sulfide) groups is 1. The molecular weight excluding hydrogens is 478 g/mol. The quantitative estimate of drug-likeness (QED) is 0.301. The van der Waals surface area contributed by atoms with E-state index >= 15 is 0 Å². The van der Waals surface area contributed by atoms with E-state index in [4.69, 9.17) is 14.9 Å². The number of hydrogen-bond donors (Lipinski definition) is 1. The van der Waals surface area contributed by atoms with Crippen LogP contribution in [0, 0.1) is 5.41 Å². The van der Waals surface area contributed by atoms with Crippen LogP contribution in [0.5, 0.6) is 11.5 Å². The van der Waals surface area contributed by atoms with Crippen molar-refractivity contribution in [1.82, 2.24) is 10.2 Å². The van der Waals surface area contributed by atoms with Gasteiger partial charge in [0.1, 0.15) is 22.5 Å². The third kappa shape index (κ3) is 4.72. The molecule has 6 nitrogen and oxygen atoms in total. The summed E-state index contributed by atoms with van der Waals surface area (Å²) in [6.07, 6.45) is 2.55. The summed E-state index contributed by atoms with van der Waals surface area (Å²) in [6, 6.07) is 20.0. The first kappa shape index (κ1) is 23.3. The lowest BCUT2D eigenvalue weighted by Gasteiger charge is -2.13. The molecule has 8 heteroatoms. The molecule has 176 valence electrons. The molecule has 4 aromatic rings. The van der Waals surface area contributed by atoms with Gasteiger partial charge >= 0.3 is 0 Å². The summed E-state index contributed by atoms with van der Waals surface area (Å²) in [5, 5.41) is 20.7. The molecule has 0 aliphatic carbocycles. The molecule has 1 aliphatic rings. The molecule has 0 amide bonds. The fourth-order valence-corrected chi connectivity index (χ4v) is 5.91. The van der Waals surface area contributed by atoms with Crippen molar-refractivity contribution in [3.8, 4) is 11.5 Å². The Morgan fingerprint density at radius 3 is 2.69 bits per heavy atom. The summed E-state index contributed by atoms with van der Waals surface area (Å²) in [5.41, 5.74) is 1.90. The summed E-state index contributed by atoms with van der Waals surface area (Å²) in [4.78, 5) is 13.6. The minimum atomic E-state index is -0.658. The van der Waals surface area contributed by atoms with E-state index in [9.17, 15) is 4.79 Å². The molecule has 1 aromatic heterocycles. The number of hydrogen-bond acceptors (Lipinski definition) is 8. The zero-order valence-corrected chi connectivity index (χ0v) is 20.9. The summed E-state index contributed by atoms with van der Waals surface area (Å²) in [7, 11) is 1.60. The monoisotopic (exact) mass is 501 g/mol. The molecule has 0 saturated carbocycles. The Hall–Kier alpha value is -3.49. The van der Waals surface area contributed by atoms with Gasteiger partial charge in [0.15, 0.2) is 17.3 Å². The van der Waals surface area contributed by atoms with Crippen molar-refractivity contribution >= 4 is 50.8 Å². The number of nitrogens with zero attached hydrogens (tertiary/aromatic N) is 2. The number of ketones is 1. The lowest BCUT2D eigenvalue weighted by molar-refractivity contribution is -0.114. The van der Waals surface area contributed by atoms with Gasteiger partial charge in [-0.05, 0) is 46.5 Å². The standard InChI is InChI=1S/C27H23N3O3S2/c1-3-23-29-30-27(35-23)24-25(31)22(34-26(24)28)14-16-11-12-20(21(13-16)32-2)33-15-18-9-6-8-17-7-4-5-10-19(17)18/h4-14,24,28H,3,15H2,1-2H3/b22-14-,28-26?/t24-/m1/s1. The van der Waals surface area contributed by atoms with Gasteiger partial charge in [0.05, 0.1) is 17.1 Å². The number of aromatic nitrogens is 2.